The molecule has 3 N–H and O–H groups in total. The van der Waals surface area contributed by atoms with Gasteiger partial charge >= 0.3 is 39.5 Å². The second-order valence-corrected chi connectivity index (χ2v) is 31.3. The zero-order valence-corrected chi connectivity index (χ0v) is 62.7. The van der Waals surface area contributed by atoms with Gasteiger partial charge in [-0.15, -0.1) is 0 Å². The maximum atomic E-state index is 13.1. The molecule has 0 aliphatic carbocycles. The van der Waals surface area contributed by atoms with E-state index in [2.05, 4.69) is 55.4 Å². The number of aliphatic hydroxyl groups excluding tert-OH is 1. The Bertz CT molecular complexity index is 1840. The van der Waals surface area contributed by atoms with Crippen LogP contribution in [0.15, 0.2) is 0 Å². The van der Waals surface area contributed by atoms with Gasteiger partial charge in [-0.2, -0.15) is 0 Å². The molecule has 0 aromatic carbocycles. The summed E-state index contributed by atoms with van der Waals surface area (Å²) < 4.78 is 68.4. The largest absolute Gasteiger partial charge is 0.472 e. The van der Waals surface area contributed by atoms with E-state index >= 15 is 0 Å². The minimum absolute atomic E-state index is 0.102. The lowest BCUT2D eigenvalue weighted by molar-refractivity contribution is -0.161. The number of ether oxygens (including phenoxy) is 4. The monoisotopic (exact) mass is 1370 g/mol. The highest BCUT2D eigenvalue weighted by Crippen LogP contribution is 2.45. The van der Waals surface area contributed by atoms with E-state index in [1.807, 2.05) is 0 Å². The van der Waals surface area contributed by atoms with Crippen molar-refractivity contribution in [3.8, 4) is 0 Å². The van der Waals surface area contributed by atoms with Crippen molar-refractivity contribution < 1.29 is 80.2 Å². The van der Waals surface area contributed by atoms with E-state index < -0.39 is 97.5 Å². The number of phosphoric ester groups is 2. The topological polar surface area (TPSA) is 237 Å². The number of carbonyl (C=O) groups is 4. The van der Waals surface area contributed by atoms with Crippen molar-refractivity contribution in [1.82, 2.24) is 0 Å². The van der Waals surface area contributed by atoms with E-state index in [1.54, 1.807) is 0 Å². The van der Waals surface area contributed by atoms with Crippen molar-refractivity contribution in [3.63, 3.8) is 0 Å². The van der Waals surface area contributed by atoms with Gasteiger partial charge in [0.15, 0.2) is 12.2 Å². The molecule has 0 aliphatic heterocycles. The molecule has 19 heteroatoms. The first-order valence-electron chi connectivity index (χ1n) is 38.2. The third kappa shape index (κ3) is 67.0. The Balaban J connectivity index is 5.22. The number of carbonyl (C=O) groups excluding carboxylic acids is 4. The van der Waals surface area contributed by atoms with E-state index in [4.69, 9.17) is 37.0 Å². The Labute approximate surface area is 568 Å². The maximum Gasteiger partial charge on any atom is 0.472 e. The van der Waals surface area contributed by atoms with Gasteiger partial charge in [-0.3, -0.25) is 37.3 Å². The highest BCUT2D eigenvalue weighted by atomic mass is 31.2. The molecule has 0 saturated heterocycles. The molecular weight excluding hydrogens is 1220 g/mol. The predicted molar refractivity (Wildman–Crippen MR) is 377 cm³/mol. The Morgan fingerprint density at radius 2 is 0.516 bits per heavy atom. The van der Waals surface area contributed by atoms with Crippen LogP contribution in [0, 0.1) is 23.7 Å². The van der Waals surface area contributed by atoms with Gasteiger partial charge < -0.3 is 33.8 Å². The smallest absolute Gasteiger partial charge is 0.462 e. The second kappa shape index (κ2) is 63.5. The molecule has 93 heavy (non-hydrogen) atoms. The van der Waals surface area contributed by atoms with Crippen LogP contribution in [0.1, 0.15) is 370 Å². The van der Waals surface area contributed by atoms with Crippen LogP contribution in [0.5, 0.6) is 0 Å². The van der Waals surface area contributed by atoms with Crippen LogP contribution in [-0.2, 0) is 65.4 Å². The first kappa shape index (κ1) is 91.1. The summed E-state index contributed by atoms with van der Waals surface area (Å²) in [6, 6.07) is 0. The maximum absolute atomic E-state index is 13.1. The van der Waals surface area contributed by atoms with Gasteiger partial charge in [-0.1, -0.05) is 319 Å². The molecule has 0 aromatic heterocycles. The molecule has 0 aromatic rings. The number of phosphoric acid groups is 2. The summed E-state index contributed by atoms with van der Waals surface area (Å²) in [5.41, 5.74) is 0. The van der Waals surface area contributed by atoms with Gasteiger partial charge in [0, 0.05) is 25.7 Å². The average Bonchev–Trinajstić information content (AvgIpc) is 1.71. The van der Waals surface area contributed by atoms with Gasteiger partial charge in [-0.05, 0) is 49.4 Å². The number of rotatable bonds is 71. The number of hydrogen-bond donors (Lipinski definition) is 3. The molecule has 0 radical (unpaired) electrons. The van der Waals surface area contributed by atoms with Crippen molar-refractivity contribution in [3.05, 3.63) is 0 Å². The fourth-order valence-electron chi connectivity index (χ4n) is 11.2. The zero-order chi connectivity index (χ0) is 68.9. The van der Waals surface area contributed by atoms with Crippen LogP contribution in [-0.4, -0.2) is 96.7 Å². The molecule has 3 unspecified atom stereocenters. The van der Waals surface area contributed by atoms with E-state index in [1.165, 1.54) is 167 Å². The summed E-state index contributed by atoms with van der Waals surface area (Å²) in [5.74, 6) is 0.884. The molecule has 0 heterocycles. The summed E-state index contributed by atoms with van der Waals surface area (Å²) in [6.07, 6.45) is 47.4. The van der Waals surface area contributed by atoms with Crippen LogP contribution < -0.4 is 0 Å². The first-order valence-corrected chi connectivity index (χ1v) is 41.2. The van der Waals surface area contributed by atoms with E-state index in [0.29, 0.717) is 37.5 Å². The molecule has 0 rings (SSSR count). The van der Waals surface area contributed by atoms with Gasteiger partial charge in [0.1, 0.15) is 19.3 Å². The van der Waals surface area contributed by atoms with E-state index in [-0.39, 0.29) is 25.7 Å². The standard InChI is InChI=1S/C74H144O17P2/c1-9-67(8)53-45-37-28-22-18-14-10-11-15-19-23-29-38-46-54-71(76)84-60-69(90-73(78)56-48-40-30-24-20-16-12-13-17-21-26-34-42-50-64(2)3)62-88-92(80,81)86-58-68(75)59-87-93(82,83)89-63-70(61-85-72(77)55-47-39-33-32-36-44-52-66(6)7)91-74(79)57-49-41-31-25-27-35-43-51-65(4)5/h64-70,75H,9-63H2,1-8H3,(H,80,81)(H,82,83)/t67?,68-,69-,70-/m1/s1. The lowest BCUT2D eigenvalue weighted by Crippen LogP contribution is -2.30. The van der Waals surface area contributed by atoms with Crippen molar-refractivity contribution in [2.45, 2.75) is 388 Å². The highest BCUT2D eigenvalue weighted by molar-refractivity contribution is 7.47. The van der Waals surface area contributed by atoms with Crippen LogP contribution in [0.3, 0.4) is 0 Å². The summed E-state index contributed by atoms with van der Waals surface area (Å²) in [7, 11) is -9.91. The zero-order valence-electron chi connectivity index (χ0n) is 60.9. The third-order valence-corrected chi connectivity index (χ3v) is 19.3. The fraction of sp³-hybridized carbons (Fsp3) is 0.946. The SMILES string of the molecule is CCC(C)CCCCCCCCCCCCCCCCC(=O)OC[C@H](COP(=O)(O)OC[C@@H](O)COP(=O)(O)OC[C@@H](COC(=O)CCCCCCCCC(C)C)OC(=O)CCCCCCCCCC(C)C)OC(=O)CCCCCCCCCCCCCCCC(C)C. The summed E-state index contributed by atoms with van der Waals surface area (Å²) in [5, 5.41) is 10.6. The molecule has 0 saturated carbocycles. The van der Waals surface area contributed by atoms with Crippen molar-refractivity contribution in [2.24, 2.45) is 23.7 Å². The number of hydrogen-bond acceptors (Lipinski definition) is 15. The van der Waals surface area contributed by atoms with Crippen LogP contribution in [0.25, 0.3) is 0 Å². The number of esters is 4. The Hall–Kier alpha value is -1.94. The van der Waals surface area contributed by atoms with Gasteiger partial charge in [-0.25, -0.2) is 9.13 Å². The van der Waals surface area contributed by atoms with Gasteiger partial charge in [0.2, 0.25) is 0 Å². The van der Waals surface area contributed by atoms with E-state index in [0.717, 1.165) is 108 Å². The Kier molecular flexibility index (Phi) is 62.2. The lowest BCUT2D eigenvalue weighted by Gasteiger charge is -2.21. The molecule has 0 bridgehead atoms. The molecule has 6 atom stereocenters. The summed E-state index contributed by atoms with van der Waals surface area (Å²) in [4.78, 5) is 72.6. The molecular formula is C74H144O17P2. The first-order chi connectivity index (χ1) is 44.6. The molecule has 0 amide bonds. The number of aliphatic hydroxyl groups is 1. The lowest BCUT2D eigenvalue weighted by atomic mass is 9.99. The predicted octanol–water partition coefficient (Wildman–Crippen LogP) is 21.3. The Morgan fingerprint density at radius 1 is 0.301 bits per heavy atom. The molecule has 17 nitrogen and oxygen atoms in total. The third-order valence-electron chi connectivity index (χ3n) is 17.4. The van der Waals surface area contributed by atoms with Crippen molar-refractivity contribution in [2.75, 3.05) is 39.6 Å². The summed E-state index contributed by atoms with van der Waals surface area (Å²) in [6.45, 7) is 14.1. The molecule has 0 aliphatic rings. The van der Waals surface area contributed by atoms with Crippen LogP contribution in [0.2, 0.25) is 0 Å². The van der Waals surface area contributed by atoms with Crippen molar-refractivity contribution >= 4 is 39.5 Å². The summed E-state index contributed by atoms with van der Waals surface area (Å²) >= 11 is 0. The average molecular weight is 1370 g/mol. The minimum atomic E-state index is -4.96. The fourth-order valence-corrected chi connectivity index (χ4v) is 12.7. The normalized spacial score (nSPS) is 14.5. The van der Waals surface area contributed by atoms with Crippen molar-refractivity contribution in [1.29, 1.82) is 0 Å². The van der Waals surface area contributed by atoms with Crippen LogP contribution in [0.4, 0.5) is 0 Å². The molecule has 552 valence electrons. The Morgan fingerprint density at radius 3 is 0.763 bits per heavy atom. The molecule has 0 fully saturated rings. The van der Waals surface area contributed by atoms with Gasteiger partial charge in [0.05, 0.1) is 26.4 Å². The van der Waals surface area contributed by atoms with Crippen LogP contribution >= 0.6 is 15.6 Å². The second-order valence-electron chi connectivity index (χ2n) is 28.4. The molecule has 0 spiro atoms. The van der Waals surface area contributed by atoms with E-state index in [9.17, 15) is 43.2 Å². The van der Waals surface area contributed by atoms with Gasteiger partial charge in [0.25, 0.3) is 0 Å². The minimum Gasteiger partial charge on any atom is -0.462 e. The number of unbranched alkanes of at least 4 members (excludes halogenated alkanes) is 36. The highest BCUT2D eigenvalue weighted by Gasteiger charge is 2.30. The quantitative estimate of drug-likeness (QED) is 0.0222.